The van der Waals surface area contributed by atoms with Gasteiger partial charge in [-0.2, -0.15) is 0 Å². The Labute approximate surface area is 183 Å². The fourth-order valence-electron chi connectivity index (χ4n) is 4.29. The van der Waals surface area contributed by atoms with Gasteiger partial charge in [0.25, 0.3) is 5.56 Å². The first kappa shape index (κ1) is 19.7. The van der Waals surface area contributed by atoms with Crippen LogP contribution in [0.5, 0.6) is 0 Å². The molecule has 1 N–H and O–H groups in total. The molecule has 5 rings (SSSR count). The molecular weight excluding hydrogens is 446 g/mol. The first-order valence-electron chi connectivity index (χ1n) is 9.41. The van der Waals surface area contributed by atoms with Crippen LogP contribution in [0.15, 0.2) is 20.3 Å². The number of aliphatic hydroxyl groups excluding tert-OH is 1. The van der Waals surface area contributed by atoms with Gasteiger partial charge in [-0.25, -0.2) is 14.8 Å². The van der Waals surface area contributed by atoms with Crippen molar-refractivity contribution in [2.24, 2.45) is 14.1 Å². The van der Waals surface area contributed by atoms with Crippen molar-refractivity contribution >= 4 is 45.2 Å². The van der Waals surface area contributed by atoms with Crippen molar-refractivity contribution in [3.8, 4) is 10.7 Å². The van der Waals surface area contributed by atoms with Gasteiger partial charge in [0.15, 0.2) is 0 Å². The van der Waals surface area contributed by atoms with Crippen molar-refractivity contribution in [3.63, 3.8) is 0 Å². The molecule has 4 aromatic heterocycles. The SMILES string of the molecule is Cn1c(=O)c2c(-c3nc(CO)cs3)n3c(c2n(C)c1=O)C(c1nc(Cl)cs1)CCC3. The van der Waals surface area contributed by atoms with Gasteiger partial charge < -0.3 is 9.67 Å². The molecule has 0 saturated heterocycles. The van der Waals surface area contributed by atoms with E-state index in [1.807, 2.05) is 0 Å². The fraction of sp³-hybridized carbons (Fsp3) is 0.368. The maximum absolute atomic E-state index is 13.3. The van der Waals surface area contributed by atoms with Crippen LogP contribution in [0, 0.1) is 0 Å². The minimum absolute atomic E-state index is 0.0671. The zero-order valence-electron chi connectivity index (χ0n) is 16.3. The van der Waals surface area contributed by atoms with Crippen LogP contribution in [-0.4, -0.2) is 28.8 Å². The lowest BCUT2D eigenvalue weighted by Crippen LogP contribution is -2.37. The van der Waals surface area contributed by atoms with Gasteiger partial charge in [0, 0.05) is 31.4 Å². The average molecular weight is 464 g/mol. The number of halogens is 1. The van der Waals surface area contributed by atoms with Crippen molar-refractivity contribution in [3.05, 3.63) is 53.1 Å². The van der Waals surface area contributed by atoms with E-state index in [9.17, 15) is 14.7 Å². The highest BCUT2D eigenvalue weighted by molar-refractivity contribution is 7.13. The highest BCUT2D eigenvalue weighted by atomic mass is 35.5. The number of aromatic nitrogens is 5. The molecule has 11 heteroatoms. The molecule has 30 heavy (non-hydrogen) atoms. The van der Waals surface area contributed by atoms with Crippen LogP contribution in [-0.2, 0) is 27.2 Å². The molecule has 156 valence electrons. The van der Waals surface area contributed by atoms with Gasteiger partial charge in [-0.15, -0.1) is 22.7 Å². The van der Waals surface area contributed by atoms with Crippen molar-refractivity contribution < 1.29 is 5.11 Å². The van der Waals surface area contributed by atoms with E-state index in [4.69, 9.17) is 11.6 Å². The summed E-state index contributed by atoms with van der Waals surface area (Å²) in [5.74, 6) is -0.0671. The van der Waals surface area contributed by atoms with Crippen molar-refractivity contribution in [1.29, 1.82) is 0 Å². The predicted molar refractivity (Wildman–Crippen MR) is 118 cm³/mol. The molecule has 1 aliphatic rings. The molecular formula is C19H18ClN5O3S2. The maximum atomic E-state index is 13.3. The van der Waals surface area contributed by atoms with Crippen LogP contribution in [0.1, 0.15) is 35.2 Å². The number of aliphatic hydroxyl groups is 1. The second-order valence-electron chi connectivity index (χ2n) is 7.32. The molecule has 0 amide bonds. The molecule has 1 aliphatic heterocycles. The largest absolute Gasteiger partial charge is 0.390 e. The quantitative estimate of drug-likeness (QED) is 0.504. The van der Waals surface area contributed by atoms with Crippen molar-refractivity contribution in [2.75, 3.05) is 0 Å². The Kier molecular flexibility index (Phi) is 4.69. The summed E-state index contributed by atoms with van der Waals surface area (Å²) in [4.78, 5) is 35.1. The third-order valence-corrected chi connectivity index (χ3v) is 7.80. The Morgan fingerprint density at radius 1 is 1.20 bits per heavy atom. The molecule has 0 aliphatic carbocycles. The Morgan fingerprint density at radius 2 is 2.00 bits per heavy atom. The van der Waals surface area contributed by atoms with Gasteiger partial charge >= 0.3 is 5.69 Å². The minimum Gasteiger partial charge on any atom is -0.390 e. The Hall–Kier alpha value is -2.27. The van der Waals surface area contributed by atoms with E-state index < -0.39 is 0 Å². The number of hydrogen-bond donors (Lipinski definition) is 1. The summed E-state index contributed by atoms with van der Waals surface area (Å²) in [6.45, 7) is 0.541. The molecule has 0 radical (unpaired) electrons. The summed E-state index contributed by atoms with van der Waals surface area (Å²) in [5.41, 5.74) is 2.06. The standard InChI is InChI=1S/C19H18ClN5O3S2/c1-23-14-12(18(27)24(2)19(23)28)15(17-21-9(6-26)7-29-17)25-5-3-4-10(13(14)25)16-22-11(20)8-30-16/h7-8,10,26H,3-6H2,1-2H3. The molecule has 5 heterocycles. The number of fused-ring (bicyclic) bond motifs is 3. The second kappa shape index (κ2) is 7.16. The van der Waals surface area contributed by atoms with Crippen LogP contribution in [0.2, 0.25) is 5.15 Å². The van der Waals surface area contributed by atoms with Crippen LogP contribution >= 0.6 is 34.3 Å². The monoisotopic (exact) mass is 463 g/mol. The van der Waals surface area contributed by atoms with E-state index in [1.165, 1.54) is 29.7 Å². The lowest BCUT2D eigenvalue weighted by atomic mass is 9.96. The molecule has 1 atom stereocenters. The smallest absolute Gasteiger partial charge is 0.331 e. The molecule has 1 unspecified atom stereocenters. The summed E-state index contributed by atoms with van der Waals surface area (Å²) >= 11 is 8.97. The first-order chi connectivity index (χ1) is 14.4. The normalized spacial score (nSPS) is 16.3. The number of hydrogen-bond acceptors (Lipinski definition) is 7. The van der Waals surface area contributed by atoms with Crippen LogP contribution in [0.25, 0.3) is 21.6 Å². The molecule has 4 aromatic rings. The number of aryl methyl sites for hydroxylation is 1. The number of nitrogens with zero attached hydrogens (tertiary/aromatic N) is 5. The average Bonchev–Trinajstić information content (AvgIpc) is 3.46. The van der Waals surface area contributed by atoms with Gasteiger partial charge in [0.05, 0.1) is 40.5 Å². The fourth-order valence-corrected chi connectivity index (χ4v) is 6.25. The predicted octanol–water partition coefficient (Wildman–Crippen LogP) is 2.69. The van der Waals surface area contributed by atoms with Crippen LogP contribution in [0.4, 0.5) is 0 Å². The van der Waals surface area contributed by atoms with Gasteiger partial charge in [-0.1, -0.05) is 11.6 Å². The highest BCUT2D eigenvalue weighted by Gasteiger charge is 2.34. The Morgan fingerprint density at radius 3 is 2.67 bits per heavy atom. The van der Waals surface area contributed by atoms with E-state index in [0.29, 0.717) is 39.0 Å². The summed E-state index contributed by atoms with van der Waals surface area (Å²) in [7, 11) is 3.18. The highest BCUT2D eigenvalue weighted by Crippen LogP contribution is 2.44. The van der Waals surface area contributed by atoms with Gasteiger partial charge in [0.1, 0.15) is 15.2 Å². The van der Waals surface area contributed by atoms with E-state index in [1.54, 1.807) is 22.4 Å². The van der Waals surface area contributed by atoms with E-state index >= 15 is 0 Å². The summed E-state index contributed by atoms with van der Waals surface area (Å²) in [6.07, 6.45) is 1.75. The molecule has 0 saturated carbocycles. The Balaban J connectivity index is 1.94. The number of rotatable bonds is 3. The molecule has 8 nitrogen and oxygen atoms in total. The third-order valence-electron chi connectivity index (χ3n) is 5.62. The molecule has 0 spiro atoms. The van der Waals surface area contributed by atoms with E-state index in [2.05, 4.69) is 14.5 Å². The summed E-state index contributed by atoms with van der Waals surface area (Å²) < 4.78 is 4.78. The van der Waals surface area contributed by atoms with Gasteiger partial charge in [-0.3, -0.25) is 13.9 Å². The lowest BCUT2D eigenvalue weighted by molar-refractivity contribution is 0.278. The summed E-state index contributed by atoms with van der Waals surface area (Å²) in [5, 5.41) is 15.5. The van der Waals surface area contributed by atoms with Crippen molar-refractivity contribution in [1.82, 2.24) is 23.7 Å². The molecule has 0 fully saturated rings. The minimum atomic E-state index is -0.371. The topological polar surface area (TPSA) is 94.9 Å². The maximum Gasteiger partial charge on any atom is 0.331 e. The first-order valence-corrected chi connectivity index (χ1v) is 11.5. The zero-order chi connectivity index (χ0) is 21.2. The van der Waals surface area contributed by atoms with E-state index in [-0.39, 0.29) is 23.8 Å². The van der Waals surface area contributed by atoms with Crippen LogP contribution in [0.3, 0.4) is 0 Å². The Bertz CT molecular complexity index is 1410. The third kappa shape index (κ3) is 2.74. The van der Waals surface area contributed by atoms with Gasteiger partial charge in [-0.05, 0) is 12.8 Å². The second-order valence-corrected chi connectivity index (χ2v) is 9.46. The van der Waals surface area contributed by atoms with Crippen molar-refractivity contribution in [2.45, 2.75) is 31.9 Å². The lowest BCUT2D eigenvalue weighted by Gasteiger charge is -2.25. The number of thiazole rings is 2. The molecule has 0 aromatic carbocycles. The molecule has 0 bridgehead atoms. The van der Waals surface area contributed by atoms with E-state index in [0.717, 1.165) is 28.1 Å². The zero-order valence-corrected chi connectivity index (χ0v) is 18.6. The van der Waals surface area contributed by atoms with Gasteiger partial charge in [0.2, 0.25) is 0 Å². The van der Waals surface area contributed by atoms with Crippen LogP contribution < -0.4 is 11.2 Å². The summed E-state index contributed by atoms with van der Waals surface area (Å²) in [6, 6.07) is 0.